The maximum absolute atomic E-state index is 12.6. The van der Waals surface area contributed by atoms with E-state index in [4.69, 9.17) is 5.84 Å². The molecule has 1 aromatic carbocycles. The lowest BCUT2D eigenvalue weighted by Crippen LogP contribution is -2.42. The number of nitro benzene ring substituents is 1. The maximum Gasteiger partial charge on any atom is 0.294 e. The van der Waals surface area contributed by atoms with Crippen LogP contribution in [-0.4, -0.2) is 39.8 Å². The van der Waals surface area contributed by atoms with Gasteiger partial charge in [0, 0.05) is 30.2 Å². The van der Waals surface area contributed by atoms with Gasteiger partial charge in [-0.1, -0.05) is 13.0 Å². The van der Waals surface area contributed by atoms with Crippen molar-refractivity contribution in [2.45, 2.75) is 18.6 Å². The van der Waals surface area contributed by atoms with E-state index in [1.54, 1.807) is 11.0 Å². The Morgan fingerprint density at radius 3 is 3.00 bits per heavy atom. The van der Waals surface area contributed by atoms with Gasteiger partial charge in [0.2, 0.25) is 0 Å². The minimum Gasteiger partial charge on any atom is -0.337 e. The molecular weight excluding hydrogens is 292 g/mol. The van der Waals surface area contributed by atoms with Gasteiger partial charge >= 0.3 is 0 Å². The van der Waals surface area contributed by atoms with Crippen LogP contribution in [0.3, 0.4) is 0 Å². The Hall–Kier alpha value is -1.80. The summed E-state index contributed by atoms with van der Waals surface area (Å²) in [6, 6.07) is 4.39. The molecule has 7 nitrogen and oxygen atoms in total. The van der Waals surface area contributed by atoms with Gasteiger partial charge in [-0.05, 0) is 12.5 Å². The van der Waals surface area contributed by atoms with Crippen molar-refractivity contribution in [3.8, 4) is 0 Å². The average molecular weight is 310 g/mol. The first-order chi connectivity index (χ1) is 10.1. The van der Waals surface area contributed by atoms with Gasteiger partial charge in [0.15, 0.2) is 0 Å². The Balaban J connectivity index is 2.30. The fourth-order valence-corrected chi connectivity index (χ4v) is 3.52. The molecule has 1 heterocycles. The number of benzene rings is 1. The predicted molar refractivity (Wildman–Crippen MR) is 83.3 cm³/mol. The van der Waals surface area contributed by atoms with Crippen molar-refractivity contribution in [2.24, 2.45) is 5.84 Å². The Labute approximate surface area is 127 Å². The largest absolute Gasteiger partial charge is 0.337 e. The highest BCUT2D eigenvalue weighted by Gasteiger charge is 2.28. The van der Waals surface area contributed by atoms with Crippen molar-refractivity contribution in [1.29, 1.82) is 0 Å². The highest BCUT2D eigenvalue weighted by atomic mass is 32.2. The molecule has 0 saturated carbocycles. The van der Waals surface area contributed by atoms with Gasteiger partial charge < -0.3 is 10.3 Å². The Bertz CT molecular complexity index is 552. The third kappa shape index (κ3) is 3.27. The van der Waals surface area contributed by atoms with Crippen molar-refractivity contribution in [3.05, 3.63) is 33.9 Å². The molecular formula is C13H18N4O3S. The van der Waals surface area contributed by atoms with Crippen molar-refractivity contribution in [1.82, 2.24) is 4.90 Å². The maximum atomic E-state index is 12.6. The molecule has 1 atom stereocenters. The summed E-state index contributed by atoms with van der Waals surface area (Å²) in [5, 5.41) is 11.4. The zero-order valence-corrected chi connectivity index (χ0v) is 12.6. The van der Waals surface area contributed by atoms with Gasteiger partial charge in [0.05, 0.1) is 10.5 Å². The van der Waals surface area contributed by atoms with Crippen LogP contribution in [0, 0.1) is 10.1 Å². The monoisotopic (exact) mass is 310 g/mol. The lowest BCUT2D eigenvalue weighted by atomic mass is 10.1. The number of nitrogens with one attached hydrogen (secondary N) is 1. The van der Waals surface area contributed by atoms with Crippen LogP contribution in [0.15, 0.2) is 18.2 Å². The molecule has 1 amide bonds. The molecule has 1 fully saturated rings. The lowest BCUT2D eigenvalue weighted by molar-refractivity contribution is -0.384. The number of hydrogen-bond acceptors (Lipinski definition) is 6. The fourth-order valence-electron chi connectivity index (χ4n) is 2.34. The molecule has 8 heteroatoms. The number of nitrogen functional groups attached to an aromatic ring is 1. The zero-order chi connectivity index (χ0) is 15.4. The summed E-state index contributed by atoms with van der Waals surface area (Å²) in [7, 11) is 0. The van der Waals surface area contributed by atoms with E-state index in [1.165, 1.54) is 12.1 Å². The molecule has 0 aliphatic carbocycles. The van der Waals surface area contributed by atoms with Gasteiger partial charge in [-0.15, -0.1) is 0 Å². The second kappa shape index (κ2) is 6.77. The van der Waals surface area contributed by atoms with Crippen LogP contribution in [0.25, 0.3) is 0 Å². The molecule has 1 aromatic rings. The van der Waals surface area contributed by atoms with Crippen LogP contribution >= 0.6 is 11.8 Å². The van der Waals surface area contributed by atoms with Crippen LogP contribution in [0.5, 0.6) is 0 Å². The van der Waals surface area contributed by atoms with Crippen LogP contribution in [0.1, 0.15) is 23.7 Å². The van der Waals surface area contributed by atoms with Gasteiger partial charge in [0.1, 0.15) is 5.69 Å². The van der Waals surface area contributed by atoms with Crippen molar-refractivity contribution in [3.63, 3.8) is 0 Å². The quantitative estimate of drug-likeness (QED) is 0.500. The number of amides is 1. The second-order valence-corrected chi connectivity index (χ2v) is 6.16. The van der Waals surface area contributed by atoms with E-state index in [0.717, 1.165) is 12.2 Å². The van der Waals surface area contributed by atoms with E-state index >= 15 is 0 Å². The highest BCUT2D eigenvalue weighted by molar-refractivity contribution is 8.00. The molecule has 0 spiro atoms. The number of nitrogens with two attached hydrogens (primary N) is 1. The predicted octanol–water partition coefficient (Wildman–Crippen LogP) is 1.85. The van der Waals surface area contributed by atoms with Crippen LogP contribution in [-0.2, 0) is 0 Å². The lowest BCUT2D eigenvalue weighted by Gasteiger charge is -2.32. The molecule has 114 valence electrons. The third-order valence-electron chi connectivity index (χ3n) is 3.50. The molecule has 1 unspecified atom stereocenters. The Kier molecular flexibility index (Phi) is 5.03. The van der Waals surface area contributed by atoms with E-state index in [-0.39, 0.29) is 22.8 Å². The summed E-state index contributed by atoms with van der Waals surface area (Å²) in [4.78, 5) is 24.8. The standard InChI is InChI=1S/C13H18N4O3S/c1-2-9-8-16(6-7-21-9)13(18)10-4-3-5-11(17(19)20)12(10)15-14/h3-5,9,15H,2,6-8,14H2,1H3. The molecule has 3 N–H and O–H groups in total. The molecule has 0 radical (unpaired) electrons. The number of rotatable bonds is 4. The highest BCUT2D eigenvalue weighted by Crippen LogP contribution is 2.30. The average Bonchev–Trinajstić information content (AvgIpc) is 2.53. The van der Waals surface area contributed by atoms with Gasteiger partial charge in [0.25, 0.3) is 11.6 Å². The van der Waals surface area contributed by atoms with E-state index in [2.05, 4.69) is 12.3 Å². The number of thioether (sulfide) groups is 1. The van der Waals surface area contributed by atoms with E-state index < -0.39 is 4.92 Å². The number of carbonyl (C=O) groups is 1. The topological polar surface area (TPSA) is 102 Å². The number of hydrogen-bond donors (Lipinski definition) is 2. The van der Waals surface area contributed by atoms with Crippen LogP contribution in [0.4, 0.5) is 11.4 Å². The van der Waals surface area contributed by atoms with E-state index in [0.29, 0.717) is 18.3 Å². The summed E-state index contributed by atoms with van der Waals surface area (Å²) < 4.78 is 0. The molecule has 0 aromatic heterocycles. The summed E-state index contributed by atoms with van der Waals surface area (Å²) in [5.41, 5.74) is 2.42. The molecule has 21 heavy (non-hydrogen) atoms. The number of para-hydroxylation sites is 1. The summed E-state index contributed by atoms with van der Waals surface area (Å²) in [5.74, 6) is 6.04. The van der Waals surface area contributed by atoms with Crippen molar-refractivity contribution < 1.29 is 9.72 Å². The molecule has 1 aliphatic rings. The first-order valence-electron chi connectivity index (χ1n) is 6.73. The first-order valence-corrected chi connectivity index (χ1v) is 7.78. The molecule has 1 aliphatic heterocycles. The Morgan fingerprint density at radius 2 is 2.38 bits per heavy atom. The SMILES string of the molecule is CCC1CN(C(=O)c2cccc([N+](=O)[O-])c2NN)CCS1. The number of nitrogens with zero attached hydrogens (tertiary/aromatic N) is 2. The van der Waals surface area contributed by atoms with Gasteiger partial charge in [-0.2, -0.15) is 11.8 Å². The number of nitro groups is 1. The molecule has 1 saturated heterocycles. The van der Waals surface area contributed by atoms with Crippen molar-refractivity contribution in [2.75, 3.05) is 24.3 Å². The van der Waals surface area contributed by atoms with Gasteiger partial charge in [-0.3, -0.25) is 20.8 Å². The zero-order valence-electron chi connectivity index (χ0n) is 11.7. The molecule has 2 rings (SSSR count). The minimum absolute atomic E-state index is 0.0683. The van der Waals surface area contributed by atoms with Gasteiger partial charge in [-0.25, -0.2) is 0 Å². The van der Waals surface area contributed by atoms with Crippen LogP contribution < -0.4 is 11.3 Å². The summed E-state index contributed by atoms with van der Waals surface area (Å²) >= 11 is 1.86. The summed E-state index contributed by atoms with van der Waals surface area (Å²) in [6.07, 6.45) is 0.991. The minimum atomic E-state index is -0.549. The smallest absolute Gasteiger partial charge is 0.294 e. The van der Waals surface area contributed by atoms with E-state index in [9.17, 15) is 14.9 Å². The summed E-state index contributed by atoms with van der Waals surface area (Å²) in [6.45, 7) is 3.39. The second-order valence-electron chi connectivity index (χ2n) is 4.75. The number of carbonyl (C=O) groups excluding carboxylic acids is 1. The van der Waals surface area contributed by atoms with Crippen LogP contribution in [0.2, 0.25) is 0 Å². The van der Waals surface area contributed by atoms with Crippen molar-refractivity contribution >= 4 is 29.0 Å². The first kappa shape index (κ1) is 15.6. The fraction of sp³-hybridized carbons (Fsp3) is 0.462. The number of hydrazine groups is 1. The third-order valence-corrected chi connectivity index (χ3v) is 4.87. The van der Waals surface area contributed by atoms with E-state index in [1.807, 2.05) is 11.8 Å². The normalized spacial score (nSPS) is 18.4. The Morgan fingerprint density at radius 1 is 1.62 bits per heavy atom. The molecule has 0 bridgehead atoms. The number of anilines is 1.